The van der Waals surface area contributed by atoms with Crippen molar-refractivity contribution in [3.8, 4) is 0 Å². The molecule has 0 aromatic rings. The molecule has 1 atom stereocenters. The zero-order valence-electron chi connectivity index (χ0n) is 7.80. The molecule has 1 aliphatic rings. The van der Waals surface area contributed by atoms with Crippen LogP contribution in [-0.4, -0.2) is 35.2 Å². The maximum Gasteiger partial charge on any atom is 0.0872 e. The molecule has 1 fully saturated rings. The molecule has 1 rings (SSSR count). The molecule has 0 bridgehead atoms. The summed E-state index contributed by atoms with van der Waals surface area (Å²) in [5.74, 6) is 0.770. The SMILES string of the molecule is CCC(C)CN1CC(C)(O)C1. The Bertz CT molecular complexity index is 126. The molecule has 0 aromatic carbocycles. The first-order chi connectivity index (χ1) is 5.03. The predicted molar refractivity (Wildman–Crippen MR) is 46.5 cm³/mol. The van der Waals surface area contributed by atoms with E-state index in [0.29, 0.717) is 0 Å². The van der Waals surface area contributed by atoms with Crippen LogP contribution in [0.2, 0.25) is 0 Å². The molecule has 2 heteroatoms. The molecule has 0 radical (unpaired) electrons. The highest BCUT2D eigenvalue weighted by Crippen LogP contribution is 2.21. The number of hydrogen-bond acceptors (Lipinski definition) is 2. The standard InChI is InChI=1S/C9H19NO/c1-4-8(2)5-10-6-9(3,11)7-10/h8,11H,4-7H2,1-3H3. The van der Waals surface area contributed by atoms with E-state index in [0.717, 1.165) is 25.6 Å². The Morgan fingerprint density at radius 3 is 2.45 bits per heavy atom. The van der Waals surface area contributed by atoms with Crippen LogP contribution in [0.4, 0.5) is 0 Å². The van der Waals surface area contributed by atoms with Gasteiger partial charge in [-0.1, -0.05) is 20.3 Å². The molecule has 66 valence electrons. The van der Waals surface area contributed by atoms with Crippen molar-refractivity contribution >= 4 is 0 Å². The van der Waals surface area contributed by atoms with Crippen molar-refractivity contribution < 1.29 is 5.11 Å². The Hall–Kier alpha value is -0.0800. The van der Waals surface area contributed by atoms with Gasteiger partial charge in [-0.05, 0) is 12.8 Å². The molecule has 1 N–H and O–H groups in total. The summed E-state index contributed by atoms with van der Waals surface area (Å²) in [6.07, 6.45) is 1.23. The van der Waals surface area contributed by atoms with Crippen LogP contribution in [0.3, 0.4) is 0 Å². The summed E-state index contributed by atoms with van der Waals surface area (Å²) < 4.78 is 0. The predicted octanol–water partition coefficient (Wildman–Crippen LogP) is 1.10. The van der Waals surface area contributed by atoms with Crippen molar-refractivity contribution in [1.29, 1.82) is 0 Å². The molecule has 0 amide bonds. The first-order valence-electron chi connectivity index (χ1n) is 4.48. The highest BCUT2D eigenvalue weighted by molar-refractivity contribution is 4.91. The minimum atomic E-state index is -0.395. The quantitative estimate of drug-likeness (QED) is 0.663. The number of nitrogens with zero attached hydrogens (tertiary/aromatic N) is 1. The van der Waals surface area contributed by atoms with Crippen LogP contribution < -0.4 is 0 Å². The number of hydrogen-bond donors (Lipinski definition) is 1. The van der Waals surface area contributed by atoms with Gasteiger partial charge in [0.25, 0.3) is 0 Å². The summed E-state index contributed by atoms with van der Waals surface area (Å²) in [7, 11) is 0. The smallest absolute Gasteiger partial charge is 0.0872 e. The lowest BCUT2D eigenvalue weighted by Gasteiger charge is -2.45. The van der Waals surface area contributed by atoms with Gasteiger partial charge in [0.1, 0.15) is 0 Å². The lowest BCUT2D eigenvalue weighted by molar-refractivity contribution is -0.0876. The van der Waals surface area contributed by atoms with Crippen LogP contribution in [0.15, 0.2) is 0 Å². The van der Waals surface area contributed by atoms with Crippen molar-refractivity contribution in [2.24, 2.45) is 5.92 Å². The lowest BCUT2D eigenvalue weighted by Crippen LogP contribution is -2.60. The molecule has 0 aliphatic carbocycles. The fourth-order valence-electron chi connectivity index (χ4n) is 1.62. The molecule has 2 nitrogen and oxygen atoms in total. The molecule has 0 aromatic heterocycles. The van der Waals surface area contributed by atoms with Gasteiger partial charge in [0.2, 0.25) is 0 Å². The third-order valence-corrected chi connectivity index (χ3v) is 2.40. The van der Waals surface area contributed by atoms with Crippen molar-refractivity contribution in [1.82, 2.24) is 4.90 Å². The lowest BCUT2D eigenvalue weighted by atomic mass is 9.95. The van der Waals surface area contributed by atoms with Crippen molar-refractivity contribution in [3.05, 3.63) is 0 Å². The largest absolute Gasteiger partial charge is 0.388 e. The number of rotatable bonds is 3. The highest BCUT2D eigenvalue weighted by Gasteiger charge is 2.36. The minimum absolute atomic E-state index is 0.395. The van der Waals surface area contributed by atoms with Crippen LogP contribution in [0.5, 0.6) is 0 Å². The second-order valence-electron chi connectivity index (χ2n) is 4.18. The number of β-amino-alcohol motifs (C(OH)–C–C–N with tert-alkyl or cyclic N) is 1. The van der Waals surface area contributed by atoms with E-state index in [1.165, 1.54) is 6.42 Å². The molecule has 0 spiro atoms. The molecule has 1 saturated heterocycles. The summed E-state index contributed by atoms with van der Waals surface area (Å²) in [5, 5.41) is 9.43. The van der Waals surface area contributed by atoms with Gasteiger partial charge < -0.3 is 5.11 Å². The fraction of sp³-hybridized carbons (Fsp3) is 1.00. The Morgan fingerprint density at radius 2 is 2.09 bits per heavy atom. The molecule has 0 saturated carbocycles. The first kappa shape index (κ1) is 9.01. The average molecular weight is 157 g/mol. The fourth-order valence-corrected chi connectivity index (χ4v) is 1.62. The molecule has 1 unspecified atom stereocenters. The minimum Gasteiger partial charge on any atom is -0.388 e. The monoisotopic (exact) mass is 157 g/mol. The first-order valence-corrected chi connectivity index (χ1v) is 4.48. The molecular formula is C9H19NO. The normalized spacial score (nSPS) is 26.2. The Labute approximate surface area is 69.2 Å². The van der Waals surface area contributed by atoms with E-state index in [-0.39, 0.29) is 0 Å². The van der Waals surface area contributed by atoms with Gasteiger partial charge >= 0.3 is 0 Å². The molecule has 1 aliphatic heterocycles. The topological polar surface area (TPSA) is 23.5 Å². The van der Waals surface area contributed by atoms with Gasteiger partial charge in [0.05, 0.1) is 5.60 Å². The summed E-state index contributed by atoms with van der Waals surface area (Å²) in [6, 6.07) is 0. The van der Waals surface area contributed by atoms with Crippen molar-refractivity contribution in [3.63, 3.8) is 0 Å². The highest BCUT2D eigenvalue weighted by atomic mass is 16.3. The summed E-state index contributed by atoms with van der Waals surface area (Å²) in [5.41, 5.74) is -0.395. The van der Waals surface area contributed by atoms with Crippen molar-refractivity contribution in [2.75, 3.05) is 19.6 Å². The van der Waals surface area contributed by atoms with Crippen molar-refractivity contribution in [2.45, 2.75) is 32.8 Å². The van der Waals surface area contributed by atoms with Gasteiger partial charge in [0, 0.05) is 19.6 Å². The maximum atomic E-state index is 9.43. The van der Waals surface area contributed by atoms with E-state index in [1.807, 2.05) is 6.92 Å². The maximum absolute atomic E-state index is 9.43. The van der Waals surface area contributed by atoms with Gasteiger partial charge in [-0.3, -0.25) is 4.90 Å². The molecule has 1 heterocycles. The summed E-state index contributed by atoms with van der Waals surface area (Å²) in [6.45, 7) is 9.23. The second kappa shape index (κ2) is 3.11. The van der Waals surface area contributed by atoms with E-state index < -0.39 is 5.60 Å². The Kier molecular flexibility index (Phi) is 2.55. The van der Waals surface area contributed by atoms with Crippen LogP contribution >= 0.6 is 0 Å². The zero-order valence-corrected chi connectivity index (χ0v) is 7.80. The number of likely N-dealkylation sites (tertiary alicyclic amines) is 1. The van der Waals surface area contributed by atoms with E-state index in [2.05, 4.69) is 18.7 Å². The van der Waals surface area contributed by atoms with Crippen LogP contribution in [0.25, 0.3) is 0 Å². The number of aliphatic hydroxyl groups is 1. The third kappa shape index (κ3) is 2.46. The van der Waals surface area contributed by atoms with Gasteiger partial charge in [-0.25, -0.2) is 0 Å². The van der Waals surface area contributed by atoms with E-state index in [9.17, 15) is 5.11 Å². The van der Waals surface area contributed by atoms with Crippen LogP contribution in [0, 0.1) is 5.92 Å². The second-order valence-corrected chi connectivity index (χ2v) is 4.18. The Balaban J connectivity index is 2.13. The molecule has 11 heavy (non-hydrogen) atoms. The Morgan fingerprint density at radius 1 is 1.55 bits per heavy atom. The zero-order chi connectivity index (χ0) is 8.48. The van der Waals surface area contributed by atoms with E-state index in [1.54, 1.807) is 0 Å². The van der Waals surface area contributed by atoms with E-state index >= 15 is 0 Å². The van der Waals surface area contributed by atoms with Gasteiger partial charge in [0.15, 0.2) is 0 Å². The van der Waals surface area contributed by atoms with E-state index in [4.69, 9.17) is 0 Å². The van der Waals surface area contributed by atoms with Gasteiger partial charge in [-0.15, -0.1) is 0 Å². The van der Waals surface area contributed by atoms with Gasteiger partial charge in [-0.2, -0.15) is 0 Å². The summed E-state index contributed by atoms with van der Waals surface area (Å²) in [4.78, 5) is 2.31. The average Bonchev–Trinajstić information content (AvgIpc) is 1.83. The summed E-state index contributed by atoms with van der Waals surface area (Å²) >= 11 is 0. The third-order valence-electron chi connectivity index (χ3n) is 2.40. The van der Waals surface area contributed by atoms with Crippen LogP contribution in [-0.2, 0) is 0 Å². The molecular weight excluding hydrogens is 138 g/mol. The van der Waals surface area contributed by atoms with Crippen LogP contribution in [0.1, 0.15) is 27.2 Å².